The predicted octanol–water partition coefficient (Wildman–Crippen LogP) is 3.42. The second kappa shape index (κ2) is 5.99. The van der Waals surface area contributed by atoms with Gasteiger partial charge in [0.15, 0.2) is 0 Å². The second-order valence-electron chi connectivity index (χ2n) is 7.85. The lowest BCUT2D eigenvalue weighted by atomic mass is 9.86. The minimum absolute atomic E-state index is 0.0768. The topological polar surface area (TPSA) is 53.4 Å². The molecule has 4 heteroatoms. The highest BCUT2D eigenvalue weighted by Gasteiger charge is 2.36. The number of aliphatic carboxylic acids is 1. The number of carboxylic acid groups (broad SMARTS) is 1. The number of carbonyl (C=O) groups is 1. The van der Waals surface area contributed by atoms with Crippen molar-refractivity contribution in [3.8, 4) is 0 Å². The number of aromatic nitrogens is 1. The van der Waals surface area contributed by atoms with Crippen molar-refractivity contribution in [1.82, 2.24) is 9.88 Å². The Morgan fingerprint density at radius 1 is 1.18 bits per heavy atom. The summed E-state index contributed by atoms with van der Waals surface area (Å²) in [6.45, 7) is 11.7. The van der Waals surface area contributed by atoms with Gasteiger partial charge in [-0.15, -0.1) is 0 Å². The van der Waals surface area contributed by atoms with Crippen molar-refractivity contribution in [2.75, 3.05) is 13.1 Å². The summed E-state index contributed by atoms with van der Waals surface area (Å²) in [6.07, 6.45) is 3.99. The van der Waals surface area contributed by atoms with E-state index >= 15 is 0 Å². The van der Waals surface area contributed by atoms with Crippen molar-refractivity contribution in [1.29, 1.82) is 0 Å². The fraction of sp³-hybridized carbons (Fsp3) is 0.667. The summed E-state index contributed by atoms with van der Waals surface area (Å²) in [6, 6.07) is 4.32. The third-order valence-electron chi connectivity index (χ3n) is 4.84. The lowest BCUT2D eigenvalue weighted by Gasteiger charge is -2.40. The summed E-state index contributed by atoms with van der Waals surface area (Å²) in [7, 11) is 0. The van der Waals surface area contributed by atoms with Crippen LogP contribution in [0.15, 0.2) is 18.3 Å². The smallest absolute Gasteiger partial charge is 0.323 e. The molecule has 1 aromatic rings. The van der Waals surface area contributed by atoms with E-state index in [0.29, 0.717) is 5.92 Å². The van der Waals surface area contributed by atoms with Crippen molar-refractivity contribution in [3.63, 3.8) is 0 Å². The van der Waals surface area contributed by atoms with Crippen molar-refractivity contribution in [2.45, 2.75) is 64.3 Å². The summed E-state index contributed by atoms with van der Waals surface area (Å²) in [4.78, 5) is 18.0. The number of likely N-dealkylation sites (tertiary alicyclic amines) is 1. The van der Waals surface area contributed by atoms with Crippen LogP contribution in [-0.2, 0) is 10.2 Å². The Bertz CT molecular complexity index is 521. The minimum Gasteiger partial charge on any atom is -0.480 e. The number of nitrogens with zero attached hydrogens (tertiary/aromatic N) is 2. The summed E-state index contributed by atoms with van der Waals surface area (Å²) in [5.74, 6) is -0.260. The van der Waals surface area contributed by atoms with Gasteiger partial charge in [0.1, 0.15) is 5.54 Å². The van der Waals surface area contributed by atoms with Crippen LogP contribution in [0.3, 0.4) is 0 Å². The Kier molecular flexibility index (Phi) is 4.62. The second-order valence-corrected chi connectivity index (χ2v) is 7.85. The average molecular weight is 304 g/mol. The Morgan fingerprint density at radius 3 is 2.18 bits per heavy atom. The number of hydrogen-bond acceptors (Lipinski definition) is 3. The van der Waals surface area contributed by atoms with Crippen LogP contribution in [0.5, 0.6) is 0 Å². The van der Waals surface area contributed by atoms with E-state index in [-0.39, 0.29) is 5.41 Å². The van der Waals surface area contributed by atoms with Crippen LogP contribution in [0.4, 0.5) is 0 Å². The van der Waals surface area contributed by atoms with Crippen LogP contribution in [-0.4, -0.2) is 39.6 Å². The monoisotopic (exact) mass is 304 g/mol. The van der Waals surface area contributed by atoms with Gasteiger partial charge in [-0.3, -0.25) is 14.7 Å². The van der Waals surface area contributed by atoms with E-state index in [4.69, 9.17) is 0 Å². The van der Waals surface area contributed by atoms with Crippen LogP contribution in [0.25, 0.3) is 0 Å². The molecule has 0 atom stereocenters. The molecule has 1 fully saturated rings. The first kappa shape index (κ1) is 16.9. The van der Waals surface area contributed by atoms with E-state index in [9.17, 15) is 9.90 Å². The number of piperidine rings is 1. The van der Waals surface area contributed by atoms with Gasteiger partial charge in [0.25, 0.3) is 0 Å². The molecule has 22 heavy (non-hydrogen) atoms. The van der Waals surface area contributed by atoms with Gasteiger partial charge < -0.3 is 5.11 Å². The molecule has 4 nitrogen and oxygen atoms in total. The number of hydrogen-bond donors (Lipinski definition) is 1. The molecule has 1 N–H and O–H groups in total. The van der Waals surface area contributed by atoms with Gasteiger partial charge in [-0.2, -0.15) is 0 Å². The highest BCUT2D eigenvalue weighted by atomic mass is 16.4. The number of pyridine rings is 1. The zero-order chi connectivity index (χ0) is 16.5. The van der Waals surface area contributed by atoms with E-state index < -0.39 is 11.5 Å². The van der Waals surface area contributed by atoms with Crippen molar-refractivity contribution in [2.24, 2.45) is 0 Å². The maximum absolute atomic E-state index is 11.4. The van der Waals surface area contributed by atoms with E-state index in [1.54, 1.807) is 13.8 Å². The van der Waals surface area contributed by atoms with Gasteiger partial charge >= 0.3 is 5.97 Å². The molecule has 0 unspecified atom stereocenters. The fourth-order valence-electron chi connectivity index (χ4n) is 3.00. The third-order valence-corrected chi connectivity index (χ3v) is 4.84. The normalized spacial score (nSPS) is 18.4. The first-order valence-electron chi connectivity index (χ1n) is 8.07. The standard InChI is InChI=1S/C18H28N2O2/c1-17(2,3)15-7-6-14(12-19-15)13-8-10-20(11-9-13)18(4,5)16(21)22/h6-7,12-13H,8-11H2,1-5H3,(H,21,22). The van der Waals surface area contributed by atoms with Gasteiger partial charge in [-0.05, 0) is 57.3 Å². The maximum atomic E-state index is 11.4. The molecule has 0 aliphatic carbocycles. The van der Waals surface area contributed by atoms with Crippen molar-refractivity contribution >= 4 is 5.97 Å². The Morgan fingerprint density at radius 2 is 1.77 bits per heavy atom. The van der Waals surface area contributed by atoms with Gasteiger partial charge in [0.05, 0.1) is 0 Å². The van der Waals surface area contributed by atoms with Crippen LogP contribution in [0.1, 0.15) is 64.6 Å². The van der Waals surface area contributed by atoms with Gasteiger partial charge in [0.2, 0.25) is 0 Å². The molecular weight excluding hydrogens is 276 g/mol. The summed E-state index contributed by atoms with van der Waals surface area (Å²) < 4.78 is 0. The fourth-order valence-corrected chi connectivity index (χ4v) is 3.00. The van der Waals surface area contributed by atoms with Crippen LogP contribution in [0.2, 0.25) is 0 Å². The predicted molar refractivity (Wildman–Crippen MR) is 88.2 cm³/mol. The van der Waals surface area contributed by atoms with Crippen LogP contribution >= 0.6 is 0 Å². The maximum Gasteiger partial charge on any atom is 0.323 e. The first-order valence-corrected chi connectivity index (χ1v) is 8.07. The molecule has 2 rings (SSSR count). The Balaban J connectivity index is 2.02. The summed E-state index contributed by atoms with van der Waals surface area (Å²) >= 11 is 0. The quantitative estimate of drug-likeness (QED) is 0.929. The number of rotatable bonds is 3. The molecule has 1 aliphatic rings. The molecule has 1 aromatic heterocycles. The van der Waals surface area contributed by atoms with E-state index in [0.717, 1.165) is 31.6 Å². The Labute approximate surface area is 133 Å². The summed E-state index contributed by atoms with van der Waals surface area (Å²) in [5.41, 5.74) is 1.69. The van der Waals surface area contributed by atoms with E-state index in [1.807, 2.05) is 6.20 Å². The van der Waals surface area contributed by atoms with Crippen LogP contribution in [0, 0.1) is 0 Å². The third kappa shape index (κ3) is 3.49. The average Bonchev–Trinajstić information content (AvgIpc) is 2.46. The molecule has 0 saturated carbocycles. The highest BCUT2D eigenvalue weighted by Crippen LogP contribution is 2.31. The molecule has 0 radical (unpaired) electrons. The van der Waals surface area contributed by atoms with Gasteiger partial charge in [-0.1, -0.05) is 26.8 Å². The van der Waals surface area contributed by atoms with E-state index in [2.05, 4.69) is 42.8 Å². The van der Waals surface area contributed by atoms with Gasteiger partial charge in [-0.25, -0.2) is 0 Å². The lowest BCUT2D eigenvalue weighted by Crippen LogP contribution is -2.52. The Hall–Kier alpha value is -1.42. The largest absolute Gasteiger partial charge is 0.480 e. The molecule has 1 aliphatic heterocycles. The molecule has 2 heterocycles. The van der Waals surface area contributed by atoms with Crippen molar-refractivity contribution in [3.05, 3.63) is 29.6 Å². The molecule has 0 spiro atoms. The molecule has 0 amide bonds. The molecule has 0 aromatic carbocycles. The van der Waals surface area contributed by atoms with Crippen molar-refractivity contribution < 1.29 is 9.90 Å². The van der Waals surface area contributed by atoms with E-state index in [1.165, 1.54) is 5.56 Å². The van der Waals surface area contributed by atoms with Crippen LogP contribution < -0.4 is 0 Å². The molecule has 0 bridgehead atoms. The SMILES string of the molecule is CC(C)(C)c1ccc(C2CCN(C(C)(C)C(=O)O)CC2)cn1. The zero-order valence-electron chi connectivity index (χ0n) is 14.4. The minimum atomic E-state index is -0.778. The molecule has 122 valence electrons. The lowest BCUT2D eigenvalue weighted by molar-refractivity contribution is -0.150. The molecule has 1 saturated heterocycles. The molecular formula is C18H28N2O2. The number of carboxylic acids is 1. The zero-order valence-corrected chi connectivity index (χ0v) is 14.4. The highest BCUT2D eigenvalue weighted by molar-refractivity contribution is 5.77. The van der Waals surface area contributed by atoms with Gasteiger partial charge in [0, 0.05) is 17.3 Å². The summed E-state index contributed by atoms with van der Waals surface area (Å²) in [5, 5.41) is 9.33. The first-order chi connectivity index (χ1) is 10.1.